The molecule has 0 saturated carbocycles. The average molecular weight is 498 g/mol. The van der Waals surface area contributed by atoms with Crippen LogP contribution in [0.5, 0.6) is 23.0 Å². The van der Waals surface area contributed by atoms with E-state index in [4.69, 9.17) is 42.3 Å². The van der Waals surface area contributed by atoms with Crippen LogP contribution in [0.4, 0.5) is 11.4 Å². The van der Waals surface area contributed by atoms with Gasteiger partial charge in [0.2, 0.25) is 6.04 Å². The minimum atomic E-state index is -1.50. The molecule has 0 aliphatic carbocycles. The second kappa shape index (κ2) is 12.3. The summed E-state index contributed by atoms with van der Waals surface area (Å²) >= 11 is 12.4. The number of benzene rings is 2. The lowest BCUT2D eigenvalue weighted by Gasteiger charge is -2.19. The topological polar surface area (TPSA) is 99.0 Å². The fourth-order valence-electron chi connectivity index (χ4n) is 2.75. The van der Waals surface area contributed by atoms with Crippen LogP contribution in [0.1, 0.15) is 20.8 Å². The molecule has 1 unspecified atom stereocenters. The van der Waals surface area contributed by atoms with Gasteiger partial charge in [0, 0.05) is 36.0 Å². The third-order valence-corrected chi connectivity index (χ3v) is 4.92. The number of hydrogen-bond donors (Lipinski definition) is 0. The molecule has 1 atom stereocenters. The number of carbonyl (C=O) groups excluding carboxylic acids is 2. The predicted molar refractivity (Wildman–Crippen MR) is 126 cm³/mol. The monoisotopic (exact) mass is 497 g/mol. The van der Waals surface area contributed by atoms with E-state index in [1.54, 1.807) is 18.2 Å². The Morgan fingerprint density at radius 2 is 1.55 bits per heavy atom. The lowest BCUT2D eigenvalue weighted by molar-refractivity contribution is -0.126. The van der Waals surface area contributed by atoms with Crippen molar-refractivity contribution >= 4 is 46.4 Å². The first-order chi connectivity index (χ1) is 15.7. The summed E-state index contributed by atoms with van der Waals surface area (Å²) in [6, 6.07) is 6.24. The molecule has 0 aliphatic heterocycles. The van der Waals surface area contributed by atoms with E-state index in [0.29, 0.717) is 36.2 Å². The number of nitrogens with zero attached hydrogens (tertiary/aromatic N) is 3. The Balaban J connectivity index is 2.38. The van der Waals surface area contributed by atoms with Gasteiger partial charge in [-0.05, 0) is 26.8 Å². The lowest BCUT2D eigenvalue weighted by atomic mass is 10.2. The highest BCUT2D eigenvalue weighted by Gasteiger charge is 2.29. The second-order valence-corrected chi connectivity index (χ2v) is 7.28. The number of rotatable bonds is 11. The average Bonchev–Trinajstić information content (AvgIpc) is 2.78. The summed E-state index contributed by atoms with van der Waals surface area (Å²) in [5.41, 5.74) is 0.461. The molecule has 2 aromatic rings. The first-order valence-electron chi connectivity index (χ1n) is 9.98. The van der Waals surface area contributed by atoms with Gasteiger partial charge in [0.1, 0.15) is 28.7 Å². The number of Topliss-reactive ketones (excluding diaryl/α,β-unsaturated/α-hetero) is 1. The van der Waals surface area contributed by atoms with E-state index >= 15 is 0 Å². The van der Waals surface area contributed by atoms with E-state index in [1.165, 1.54) is 33.3 Å². The molecule has 0 saturated heterocycles. The van der Waals surface area contributed by atoms with Gasteiger partial charge in [-0.1, -0.05) is 11.6 Å². The van der Waals surface area contributed by atoms with Crippen molar-refractivity contribution in [2.24, 2.45) is 10.2 Å². The number of anilines is 1. The van der Waals surface area contributed by atoms with E-state index in [9.17, 15) is 9.59 Å². The highest BCUT2D eigenvalue weighted by Crippen LogP contribution is 2.38. The van der Waals surface area contributed by atoms with Gasteiger partial charge in [-0.3, -0.25) is 9.59 Å². The van der Waals surface area contributed by atoms with E-state index < -0.39 is 17.7 Å². The minimum absolute atomic E-state index is 0.209. The zero-order valence-corrected chi connectivity index (χ0v) is 20.4. The van der Waals surface area contributed by atoms with Crippen molar-refractivity contribution in [1.82, 2.24) is 0 Å². The van der Waals surface area contributed by atoms with E-state index in [-0.39, 0.29) is 16.4 Å². The molecule has 0 bridgehead atoms. The molecule has 178 valence electrons. The Kier molecular flexibility index (Phi) is 9.74. The number of ketones is 1. The van der Waals surface area contributed by atoms with Gasteiger partial charge in [0.25, 0.3) is 5.91 Å². The summed E-state index contributed by atoms with van der Waals surface area (Å²) < 4.78 is 22.2. The van der Waals surface area contributed by atoms with Gasteiger partial charge in [-0.15, -0.1) is 0 Å². The van der Waals surface area contributed by atoms with Gasteiger partial charge in [0.05, 0.1) is 38.1 Å². The smallest absolute Gasteiger partial charge is 0.276 e. The molecule has 0 aliphatic rings. The van der Waals surface area contributed by atoms with Gasteiger partial charge >= 0.3 is 0 Å². The van der Waals surface area contributed by atoms with Crippen molar-refractivity contribution in [2.75, 3.05) is 31.9 Å². The SMILES string of the molecule is CCOc1cc(OCC)cc(N(Cl)C(=O)C(N=Nc2cc(Cl)c(OC)cc2OC)C(C)=O)c1. The van der Waals surface area contributed by atoms with E-state index in [1.807, 2.05) is 13.8 Å². The predicted octanol–water partition coefficient (Wildman–Crippen LogP) is 5.38. The van der Waals surface area contributed by atoms with Crippen molar-refractivity contribution in [3.8, 4) is 23.0 Å². The lowest BCUT2D eigenvalue weighted by Crippen LogP contribution is -2.36. The first kappa shape index (κ1) is 26.2. The molecule has 0 fully saturated rings. The first-order valence-corrected chi connectivity index (χ1v) is 10.7. The van der Waals surface area contributed by atoms with E-state index in [2.05, 4.69) is 10.2 Å². The molecule has 1 amide bonds. The molecule has 2 aromatic carbocycles. The Hall–Kier alpha value is -3.04. The van der Waals surface area contributed by atoms with Crippen LogP contribution in [0.3, 0.4) is 0 Å². The standard InChI is InChI=1S/C22H25Cl2N3O6/c1-6-32-15-8-14(9-16(10-15)33-7-2)27(24)22(29)21(13(3)28)26-25-18-11-17(23)19(30-4)12-20(18)31-5/h8-12,21H,6-7H2,1-5H3. The van der Waals surface area contributed by atoms with Crippen LogP contribution in [-0.4, -0.2) is 45.2 Å². The molecule has 9 nitrogen and oxygen atoms in total. The number of carbonyl (C=O) groups is 2. The number of ether oxygens (including phenoxy) is 4. The summed E-state index contributed by atoms with van der Waals surface area (Å²) in [6.07, 6.45) is 0. The maximum absolute atomic E-state index is 13.0. The molecule has 0 radical (unpaired) electrons. The zero-order chi connectivity index (χ0) is 24.5. The Labute approximate surface area is 202 Å². The van der Waals surface area contributed by atoms with Crippen molar-refractivity contribution in [1.29, 1.82) is 0 Å². The van der Waals surface area contributed by atoms with Gasteiger partial charge in [-0.25, -0.2) is 4.42 Å². The Morgan fingerprint density at radius 1 is 0.970 bits per heavy atom. The second-order valence-electron chi connectivity index (χ2n) is 6.53. The number of halogens is 2. The van der Waals surface area contributed by atoms with Crippen molar-refractivity contribution < 1.29 is 28.5 Å². The van der Waals surface area contributed by atoms with Crippen molar-refractivity contribution in [2.45, 2.75) is 26.8 Å². The molecule has 0 N–H and O–H groups in total. The molecule has 0 aromatic heterocycles. The van der Waals surface area contributed by atoms with Crippen molar-refractivity contribution in [3.63, 3.8) is 0 Å². The van der Waals surface area contributed by atoms with Crippen LogP contribution >= 0.6 is 23.4 Å². The summed E-state index contributed by atoms with van der Waals surface area (Å²) in [5, 5.41) is 8.19. The number of amides is 1. The summed E-state index contributed by atoms with van der Waals surface area (Å²) in [4.78, 5) is 25.2. The van der Waals surface area contributed by atoms with Crippen LogP contribution in [0.2, 0.25) is 5.02 Å². The van der Waals surface area contributed by atoms with Crippen LogP contribution in [0, 0.1) is 0 Å². The number of azo groups is 1. The molecular formula is C22H25Cl2N3O6. The fourth-order valence-corrected chi connectivity index (χ4v) is 3.18. The van der Waals surface area contributed by atoms with Crippen LogP contribution in [0.15, 0.2) is 40.6 Å². The fraction of sp³-hybridized carbons (Fsp3) is 0.364. The maximum atomic E-state index is 13.0. The normalized spacial score (nSPS) is 11.7. The molecule has 11 heteroatoms. The maximum Gasteiger partial charge on any atom is 0.276 e. The van der Waals surface area contributed by atoms with Crippen LogP contribution < -0.4 is 23.4 Å². The van der Waals surface area contributed by atoms with Crippen molar-refractivity contribution in [3.05, 3.63) is 35.4 Å². The third-order valence-electron chi connectivity index (χ3n) is 4.26. The van der Waals surface area contributed by atoms with Gasteiger partial charge < -0.3 is 18.9 Å². The molecule has 0 spiro atoms. The summed E-state index contributed by atoms with van der Waals surface area (Å²) in [7, 11) is 2.88. The Morgan fingerprint density at radius 3 is 2.03 bits per heavy atom. The quantitative estimate of drug-likeness (QED) is 0.234. The van der Waals surface area contributed by atoms with E-state index in [0.717, 1.165) is 4.42 Å². The zero-order valence-electron chi connectivity index (χ0n) is 18.9. The van der Waals surface area contributed by atoms with Crippen LogP contribution in [-0.2, 0) is 9.59 Å². The number of methoxy groups -OCH3 is 2. The highest BCUT2D eigenvalue weighted by molar-refractivity contribution is 6.39. The minimum Gasteiger partial charge on any atom is -0.495 e. The molecule has 0 heterocycles. The third kappa shape index (κ3) is 6.72. The van der Waals surface area contributed by atoms with Gasteiger partial charge in [0.15, 0.2) is 5.78 Å². The summed E-state index contributed by atoms with van der Waals surface area (Å²) in [6.45, 7) is 5.67. The van der Waals surface area contributed by atoms with Crippen LogP contribution in [0.25, 0.3) is 0 Å². The Bertz CT molecular complexity index is 1010. The number of hydrogen-bond acceptors (Lipinski definition) is 8. The molecule has 33 heavy (non-hydrogen) atoms. The van der Waals surface area contributed by atoms with Gasteiger partial charge in [-0.2, -0.15) is 10.2 Å². The molecule has 2 rings (SSSR count). The molecular weight excluding hydrogens is 473 g/mol. The largest absolute Gasteiger partial charge is 0.495 e. The highest BCUT2D eigenvalue weighted by atomic mass is 35.5. The summed E-state index contributed by atoms with van der Waals surface area (Å²) in [5.74, 6) is 0.216.